The molecule has 40 heavy (non-hydrogen) atoms. The first kappa shape index (κ1) is 25.4. The molecule has 3 atom stereocenters. The fourth-order valence-corrected chi connectivity index (χ4v) is 7.02. The number of rotatable bonds is 5. The Labute approximate surface area is 231 Å². The number of piperidine rings is 1. The summed E-state index contributed by atoms with van der Waals surface area (Å²) in [5.74, 6) is -0.155. The number of ether oxygens (including phenoxy) is 1. The molecule has 3 aliphatic rings. The van der Waals surface area contributed by atoms with Gasteiger partial charge >= 0.3 is 0 Å². The maximum absolute atomic E-state index is 14.4. The van der Waals surface area contributed by atoms with Crippen molar-refractivity contribution in [3.63, 3.8) is 0 Å². The van der Waals surface area contributed by atoms with Crippen molar-refractivity contribution in [3.8, 4) is 11.1 Å². The van der Waals surface area contributed by atoms with Gasteiger partial charge in [-0.3, -0.25) is 4.79 Å². The number of imidazole rings is 1. The summed E-state index contributed by atoms with van der Waals surface area (Å²) in [6.07, 6.45) is 5.55. The fourth-order valence-electron chi connectivity index (χ4n) is 7.02. The van der Waals surface area contributed by atoms with E-state index in [9.17, 15) is 13.6 Å². The molecule has 2 saturated carbocycles. The van der Waals surface area contributed by atoms with Gasteiger partial charge in [-0.15, -0.1) is 0 Å². The number of benzene rings is 2. The number of anilines is 1. The van der Waals surface area contributed by atoms with Crippen molar-refractivity contribution in [1.29, 1.82) is 0 Å². The molecular weight excluding hydrogens is 514 g/mol. The normalized spacial score (nSPS) is 26.4. The number of hydrogen-bond donors (Lipinski definition) is 0. The maximum Gasteiger partial charge on any atom is 0.231 e. The van der Waals surface area contributed by atoms with E-state index in [1.165, 1.54) is 6.07 Å². The van der Waals surface area contributed by atoms with E-state index in [1.54, 1.807) is 12.0 Å². The lowest BCUT2D eigenvalue weighted by Gasteiger charge is -2.37. The summed E-state index contributed by atoms with van der Waals surface area (Å²) in [6, 6.07) is 9.78. The molecule has 0 unspecified atom stereocenters. The summed E-state index contributed by atoms with van der Waals surface area (Å²) in [7, 11) is 1.76. The van der Waals surface area contributed by atoms with Gasteiger partial charge in [-0.2, -0.15) is 0 Å². The van der Waals surface area contributed by atoms with Crippen LogP contribution in [0.5, 0.6) is 0 Å². The van der Waals surface area contributed by atoms with Crippen molar-refractivity contribution in [2.75, 3.05) is 12.0 Å². The van der Waals surface area contributed by atoms with E-state index in [0.717, 1.165) is 90.1 Å². The Balaban J connectivity index is 1.38. The van der Waals surface area contributed by atoms with E-state index in [-0.39, 0.29) is 35.9 Å². The van der Waals surface area contributed by atoms with Gasteiger partial charge in [-0.25, -0.2) is 13.8 Å². The molecular formula is C31H32F2N4O3. The van der Waals surface area contributed by atoms with Gasteiger partial charge in [0.2, 0.25) is 5.91 Å². The minimum absolute atomic E-state index is 0.0367. The topological polar surface area (TPSA) is 73.4 Å². The van der Waals surface area contributed by atoms with Crippen LogP contribution in [0.1, 0.15) is 67.9 Å². The number of methoxy groups -OCH3 is 1. The summed E-state index contributed by atoms with van der Waals surface area (Å²) >= 11 is 0. The fraction of sp³-hybridized carbons (Fsp3) is 0.452. The van der Waals surface area contributed by atoms with Crippen molar-refractivity contribution in [3.05, 3.63) is 65.3 Å². The summed E-state index contributed by atoms with van der Waals surface area (Å²) in [5.41, 5.74) is 4.95. The minimum Gasteiger partial charge on any atom is -0.381 e. The third-order valence-corrected chi connectivity index (χ3v) is 9.18. The van der Waals surface area contributed by atoms with Crippen molar-refractivity contribution >= 4 is 22.6 Å². The number of aromatic nitrogens is 3. The van der Waals surface area contributed by atoms with Gasteiger partial charge in [0.25, 0.3) is 0 Å². The van der Waals surface area contributed by atoms with Gasteiger partial charge in [-0.1, -0.05) is 11.2 Å². The molecule has 2 aromatic heterocycles. The molecule has 2 aliphatic carbocycles. The number of aryl methyl sites for hydroxylation is 2. The zero-order chi connectivity index (χ0) is 27.7. The molecule has 0 spiro atoms. The zero-order valence-corrected chi connectivity index (χ0v) is 22.9. The molecule has 9 heteroatoms. The molecule has 208 valence electrons. The number of nitrogens with zero attached hydrogens (tertiary/aromatic N) is 4. The van der Waals surface area contributed by atoms with Crippen LogP contribution in [0.4, 0.5) is 14.5 Å². The molecule has 0 N–H and O–H groups in total. The van der Waals surface area contributed by atoms with Gasteiger partial charge < -0.3 is 18.7 Å². The van der Waals surface area contributed by atoms with Crippen LogP contribution in [0.25, 0.3) is 22.2 Å². The highest BCUT2D eigenvalue weighted by molar-refractivity contribution is 5.98. The highest BCUT2D eigenvalue weighted by atomic mass is 19.2. The first-order chi connectivity index (χ1) is 19.3. The number of carbonyl (C=O) groups excluding carboxylic acids is 1. The highest BCUT2D eigenvalue weighted by Crippen LogP contribution is 2.54. The first-order valence-corrected chi connectivity index (χ1v) is 14.1. The summed E-state index contributed by atoms with van der Waals surface area (Å²) in [4.78, 5) is 20.5. The van der Waals surface area contributed by atoms with Gasteiger partial charge in [0, 0.05) is 36.4 Å². The van der Waals surface area contributed by atoms with Gasteiger partial charge in [0.1, 0.15) is 11.6 Å². The number of amides is 1. The van der Waals surface area contributed by atoms with E-state index in [0.29, 0.717) is 5.69 Å². The lowest BCUT2D eigenvalue weighted by molar-refractivity contribution is -0.121. The van der Waals surface area contributed by atoms with E-state index >= 15 is 0 Å². The van der Waals surface area contributed by atoms with Crippen molar-refractivity contribution < 1.29 is 22.8 Å². The van der Waals surface area contributed by atoms with E-state index < -0.39 is 11.6 Å². The van der Waals surface area contributed by atoms with Crippen LogP contribution in [0.15, 0.2) is 40.9 Å². The number of carbonyl (C=O) groups is 1. The SMILES string of the molecule is COC1CCC(n2c([C@H]3C[C@@H]4C[C@@H]4C(=O)N3c3ccc(F)c(F)c3)nc3cc(-c4c(C)noc4C)ccc32)CC1. The average Bonchev–Trinajstić information content (AvgIpc) is 3.54. The summed E-state index contributed by atoms with van der Waals surface area (Å²) in [6.45, 7) is 3.82. The number of halogens is 2. The lowest BCUT2D eigenvalue weighted by Crippen LogP contribution is -2.41. The van der Waals surface area contributed by atoms with Crippen LogP contribution in [0, 0.1) is 37.3 Å². The smallest absolute Gasteiger partial charge is 0.231 e. The van der Waals surface area contributed by atoms with Crippen molar-refractivity contribution in [2.24, 2.45) is 11.8 Å². The Morgan fingerprint density at radius 3 is 2.50 bits per heavy atom. The quantitative estimate of drug-likeness (QED) is 0.274. The van der Waals surface area contributed by atoms with Crippen LogP contribution in [-0.2, 0) is 9.53 Å². The maximum atomic E-state index is 14.4. The van der Waals surface area contributed by atoms with E-state index in [4.69, 9.17) is 14.2 Å². The molecule has 7 rings (SSSR count). The standard InChI is InChI=1S/C31H32F2N4O3/c1-16-29(17(2)40-35-16)18-4-11-27-26(13-18)34-30(36(27)20-5-8-22(39-3)9-6-20)28-14-19-12-23(19)31(38)37(28)21-7-10-24(32)25(33)15-21/h4,7,10-11,13,15,19-20,22-23,28H,5-6,8-9,12,14H2,1-3H3/t19-,20?,22?,23-,28+/m0/s1. The molecule has 1 amide bonds. The Hall–Kier alpha value is -3.59. The van der Waals surface area contributed by atoms with Crippen LogP contribution >= 0.6 is 0 Å². The second-order valence-corrected chi connectivity index (χ2v) is 11.6. The second-order valence-electron chi connectivity index (χ2n) is 11.6. The Morgan fingerprint density at radius 1 is 1.00 bits per heavy atom. The molecule has 1 aliphatic heterocycles. The van der Waals surface area contributed by atoms with E-state index in [1.807, 2.05) is 13.8 Å². The number of fused-ring (bicyclic) bond motifs is 2. The van der Waals surface area contributed by atoms with Gasteiger partial charge in [0.05, 0.1) is 28.9 Å². The largest absolute Gasteiger partial charge is 0.381 e. The second kappa shape index (κ2) is 9.51. The third kappa shape index (κ3) is 4.05. The predicted molar refractivity (Wildman–Crippen MR) is 146 cm³/mol. The monoisotopic (exact) mass is 546 g/mol. The Kier molecular flexibility index (Phi) is 6.03. The molecule has 7 nitrogen and oxygen atoms in total. The lowest BCUT2D eigenvalue weighted by atomic mass is 9.91. The molecule has 2 aromatic carbocycles. The summed E-state index contributed by atoms with van der Waals surface area (Å²) in [5, 5.41) is 4.12. The van der Waals surface area contributed by atoms with Crippen LogP contribution in [-0.4, -0.2) is 33.8 Å². The molecule has 1 saturated heterocycles. The molecule has 0 bridgehead atoms. The first-order valence-electron chi connectivity index (χ1n) is 14.1. The van der Waals surface area contributed by atoms with Gasteiger partial charge in [0.15, 0.2) is 11.6 Å². The molecule has 3 fully saturated rings. The average molecular weight is 547 g/mol. The highest BCUT2D eigenvalue weighted by Gasteiger charge is 2.54. The molecule has 3 heterocycles. The van der Waals surface area contributed by atoms with Crippen molar-refractivity contribution in [2.45, 2.75) is 70.6 Å². The predicted octanol–water partition coefficient (Wildman–Crippen LogP) is 6.83. The zero-order valence-electron chi connectivity index (χ0n) is 22.9. The Bertz CT molecular complexity index is 1600. The van der Waals surface area contributed by atoms with E-state index in [2.05, 4.69) is 27.9 Å². The molecule has 0 radical (unpaired) electrons. The number of hydrogen-bond acceptors (Lipinski definition) is 5. The van der Waals surface area contributed by atoms with Gasteiger partial charge in [-0.05, 0) is 88.1 Å². The minimum atomic E-state index is -0.961. The third-order valence-electron chi connectivity index (χ3n) is 9.18. The molecule has 4 aromatic rings. The van der Waals surface area contributed by atoms with Crippen LogP contribution in [0.3, 0.4) is 0 Å². The Morgan fingerprint density at radius 2 is 1.80 bits per heavy atom. The van der Waals surface area contributed by atoms with Crippen LogP contribution < -0.4 is 4.90 Å². The summed E-state index contributed by atoms with van der Waals surface area (Å²) < 4.78 is 41.6. The van der Waals surface area contributed by atoms with Crippen molar-refractivity contribution in [1.82, 2.24) is 14.7 Å². The van der Waals surface area contributed by atoms with Crippen LogP contribution in [0.2, 0.25) is 0 Å².